The molecule has 1 saturated heterocycles. The molecule has 2 N–H and O–H groups in total. The number of nitrogens with zero attached hydrogens (tertiary/aromatic N) is 1. The van der Waals surface area contributed by atoms with Crippen LogP contribution in [0, 0.1) is 19.8 Å². The molecule has 0 radical (unpaired) electrons. The lowest BCUT2D eigenvalue weighted by atomic mass is 9.96. The first kappa shape index (κ1) is 19.4. The molecule has 0 aliphatic carbocycles. The number of rotatable bonds is 7. The van der Waals surface area contributed by atoms with Gasteiger partial charge in [0.05, 0.1) is 6.54 Å². The van der Waals surface area contributed by atoms with Gasteiger partial charge in [-0.15, -0.1) is 0 Å². The molecule has 0 unspecified atom stereocenters. The van der Waals surface area contributed by atoms with Crippen molar-refractivity contribution in [3.8, 4) is 0 Å². The number of aryl methyl sites for hydroxylation is 2. The number of para-hydroxylation sites is 1. The minimum absolute atomic E-state index is 0.0169. The molecule has 5 nitrogen and oxygen atoms in total. The second kappa shape index (κ2) is 9.56. The first-order valence-corrected chi connectivity index (χ1v) is 9.37. The zero-order valence-corrected chi connectivity index (χ0v) is 15.7. The van der Waals surface area contributed by atoms with Crippen molar-refractivity contribution in [1.29, 1.82) is 0 Å². The number of hydrogen-bond acceptors (Lipinski definition) is 3. The highest BCUT2D eigenvalue weighted by molar-refractivity contribution is 5.93. The molecule has 1 aliphatic heterocycles. The number of unbranched alkanes of at least 4 members (excludes halogenated alkanes) is 1. The Hall–Kier alpha value is -1.88. The molecule has 0 spiro atoms. The average molecular weight is 345 g/mol. The van der Waals surface area contributed by atoms with Crippen LogP contribution >= 0.6 is 0 Å². The summed E-state index contributed by atoms with van der Waals surface area (Å²) in [4.78, 5) is 26.6. The summed E-state index contributed by atoms with van der Waals surface area (Å²) in [6, 6.07) is 6.01. The van der Waals surface area contributed by atoms with Crippen LogP contribution in [-0.2, 0) is 9.59 Å². The summed E-state index contributed by atoms with van der Waals surface area (Å²) in [5.41, 5.74) is 3.07. The van der Waals surface area contributed by atoms with Gasteiger partial charge in [0.25, 0.3) is 0 Å². The first-order valence-electron chi connectivity index (χ1n) is 9.37. The Bertz CT molecular complexity index is 572. The number of likely N-dealkylation sites (tertiary alicyclic amines) is 1. The van der Waals surface area contributed by atoms with Crippen LogP contribution in [0.25, 0.3) is 0 Å². The van der Waals surface area contributed by atoms with Crippen LogP contribution in [0.1, 0.15) is 43.7 Å². The van der Waals surface area contributed by atoms with Crippen LogP contribution in [0.2, 0.25) is 0 Å². The summed E-state index contributed by atoms with van der Waals surface area (Å²) in [6.07, 6.45) is 3.78. The smallest absolute Gasteiger partial charge is 0.238 e. The fraction of sp³-hybridized carbons (Fsp3) is 0.600. The topological polar surface area (TPSA) is 61.4 Å². The van der Waals surface area contributed by atoms with Gasteiger partial charge in [0.15, 0.2) is 0 Å². The van der Waals surface area contributed by atoms with Crippen molar-refractivity contribution >= 4 is 17.5 Å². The normalized spacial score (nSPS) is 15.8. The molecule has 1 aromatic rings. The van der Waals surface area contributed by atoms with Gasteiger partial charge in [0.2, 0.25) is 11.8 Å². The van der Waals surface area contributed by atoms with E-state index in [4.69, 9.17) is 0 Å². The monoisotopic (exact) mass is 345 g/mol. The second-order valence-corrected chi connectivity index (χ2v) is 7.01. The van der Waals surface area contributed by atoms with Crippen LogP contribution in [0.4, 0.5) is 5.69 Å². The highest BCUT2D eigenvalue weighted by Gasteiger charge is 2.25. The molecule has 0 saturated carbocycles. The van der Waals surface area contributed by atoms with E-state index in [0.29, 0.717) is 6.54 Å². The van der Waals surface area contributed by atoms with E-state index < -0.39 is 0 Å². The molecule has 25 heavy (non-hydrogen) atoms. The zero-order valence-electron chi connectivity index (χ0n) is 15.7. The molecule has 138 valence electrons. The Morgan fingerprint density at radius 3 is 2.40 bits per heavy atom. The minimum atomic E-state index is 0.0169. The van der Waals surface area contributed by atoms with Crippen LogP contribution < -0.4 is 10.6 Å². The fourth-order valence-corrected chi connectivity index (χ4v) is 3.28. The lowest BCUT2D eigenvalue weighted by molar-refractivity contribution is -0.126. The van der Waals surface area contributed by atoms with Crippen molar-refractivity contribution in [3.63, 3.8) is 0 Å². The molecule has 2 rings (SSSR count). The van der Waals surface area contributed by atoms with Gasteiger partial charge in [-0.1, -0.05) is 31.5 Å². The maximum absolute atomic E-state index is 12.3. The van der Waals surface area contributed by atoms with E-state index in [-0.39, 0.29) is 17.7 Å². The summed E-state index contributed by atoms with van der Waals surface area (Å²) < 4.78 is 0. The van der Waals surface area contributed by atoms with Gasteiger partial charge in [-0.05, 0) is 57.3 Å². The van der Waals surface area contributed by atoms with Crippen molar-refractivity contribution in [2.75, 3.05) is 31.5 Å². The van der Waals surface area contributed by atoms with Crippen molar-refractivity contribution in [2.45, 2.75) is 46.5 Å². The SMILES string of the molecule is CCCCNC(=O)C1CCN(CC(=O)Nc2c(C)cccc2C)CC1. The van der Waals surface area contributed by atoms with Crippen molar-refractivity contribution in [2.24, 2.45) is 5.92 Å². The summed E-state index contributed by atoms with van der Waals surface area (Å²) >= 11 is 0. The molecular formula is C20H31N3O2. The third-order valence-electron chi connectivity index (χ3n) is 4.90. The average Bonchev–Trinajstić information content (AvgIpc) is 2.59. The molecule has 5 heteroatoms. The van der Waals surface area contributed by atoms with Gasteiger partial charge in [0, 0.05) is 18.2 Å². The summed E-state index contributed by atoms with van der Waals surface area (Å²) in [7, 11) is 0. The fourth-order valence-electron chi connectivity index (χ4n) is 3.28. The number of amides is 2. The van der Waals surface area contributed by atoms with Gasteiger partial charge in [0.1, 0.15) is 0 Å². The molecule has 0 aromatic heterocycles. The number of benzene rings is 1. The van der Waals surface area contributed by atoms with Crippen LogP contribution in [-0.4, -0.2) is 42.9 Å². The Labute approximate surface area is 151 Å². The van der Waals surface area contributed by atoms with E-state index in [9.17, 15) is 9.59 Å². The maximum atomic E-state index is 12.3. The van der Waals surface area contributed by atoms with Crippen molar-refractivity contribution in [3.05, 3.63) is 29.3 Å². The Morgan fingerprint density at radius 1 is 1.16 bits per heavy atom. The Morgan fingerprint density at radius 2 is 1.80 bits per heavy atom. The third kappa shape index (κ3) is 5.85. The molecule has 2 amide bonds. The highest BCUT2D eigenvalue weighted by Crippen LogP contribution is 2.20. The Kier molecular flexibility index (Phi) is 7.44. The predicted octanol–water partition coefficient (Wildman–Crippen LogP) is 2.87. The predicted molar refractivity (Wildman–Crippen MR) is 102 cm³/mol. The van der Waals surface area contributed by atoms with Gasteiger partial charge < -0.3 is 10.6 Å². The number of piperidine rings is 1. The second-order valence-electron chi connectivity index (χ2n) is 7.01. The van der Waals surface area contributed by atoms with Crippen molar-refractivity contribution in [1.82, 2.24) is 10.2 Å². The quantitative estimate of drug-likeness (QED) is 0.747. The maximum Gasteiger partial charge on any atom is 0.238 e. The number of carbonyl (C=O) groups is 2. The van der Waals surface area contributed by atoms with E-state index in [1.807, 2.05) is 32.0 Å². The van der Waals surface area contributed by atoms with Crippen LogP contribution in [0.3, 0.4) is 0 Å². The van der Waals surface area contributed by atoms with Gasteiger partial charge in [-0.2, -0.15) is 0 Å². The van der Waals surface area contributed by atoms with Gasteiger partial charge in [-0.3, -0.25) is 14.5 Å². The summed E-state index contributed by atoms with van der Waals surface area (Å²) in [5, 5.41) is 6.05. The number of hydrogen-bond donors (Lipinski definition) is 2. The molecule has 0 bridgehead atoms. The minimum Gasteiger partial charge on any atom is -0.356 e. The lowest BCUT2D eigenvalue weighted by Gasteiger charge is -2.30. The van der Waals surface area contributed by atoms with Crippen molar-refractivity contribution < 1.29 is 9.59 Å². The van der Waals surface area contributed by atoms with Gasteiger partial charge >= 0.3 is 0 Å². The van der Waals surface area contributed by atoms with E-state index in [0.717, 1.165) is 62.1 Å². The largest absolute Gasteiger partial charge is 0.356 e. The molecular weight excluding hydrogens is 314 g/mol. The Balaban J connectivity index is 1.76. The summed E-state index contributed by atoms with van der Waals surface area (Å²) in [6.45, 7) is 8.88. The van der Waals surface area contributed by atoms with E-state index >= 15 is 0 Å². The van der Waals surface area contributed by atoms with Gasteiger partial charge in [-0.25, -0.2) is 0 Å². The van der Waals surface area contributed by atoms with Crippen LogP contribution in [0.5, 0.6) is 0 Å². The molecule has 0 atom stereocenters. The molecule has 1 fully saturated rings. The first-order chi connectivity index (χ1) is 12.0. The molecule has 1 aromatic carbocycles. The lowest BCUT2D eigenvalue weighted by Crippen LogP contribution is -2.43. The number of anilines is 1. The number of carbonyl (C=O) groups excluding carboxylic acids is 2. The van der Waals surface area contributed by atoms with E-state index in [1.54, 1.807) is 0 Å². The highest BCUT2D eigenvalue weighted by atomic mass is 16.2. The van der Waals surface area contributed by atoms with Crippen LogP contribution in [0.15, 0.2) is 18.2 Å². The standard InChI is InChI=1S/C20H31N3O2/c1-4-5-11-21-20(25)17-9-12-23(13-10-17)14-18(24)22-19-15(2)7-6-8-16(19)3/h6-8,17H,4-5,9-14H2,1-3H3,(H,21,25)(H,22,24). The molecule has 1 aliphatic rings. The third-order valence-corrected chi connectivity index (χ3v) is 4.90. The van der Waals surface area contributed by atoms with E-state index in [1.165, 1.54) is 0 Å². The summed E-state index contributed by atoms with van der Waals surface area (Å²) in [5.74, 6) is 0.283. The zero-order chi connectivity index (χ0) is 18.2. The number of nitrogens with one attached hydrogen (secondary N) is 2. The molecule has 1 heterocycles. The van der Waals surface area contributed by atoms with E-state index in [2.05, 4.69) is 22.5 Å².